The van der Waals surface area contributed by atoms with Gasteiger partial charge in [-0.25, -0.2) is 0 Å². The van der Waals surface area contributed by atoms with Crippen LogP contribution >= 0.6 is 0 Å². The van der Waals surface area contributed by atoms with E-state index in [4.69, 9.17) is 9.47 Å². The van der Waals surface area contributed by atoms with Crippen molar-refractivity contribution < 1.29 is 14.3 Å². The van der Waals surface area contributed by atoms with Crippen LogP contribution in [0, 0.1) is 0 Å². The smallest absolute Gasteiger partial charge is 0.164 e. The molecule has 0 heterocycles. The first-order valence-corrected chi connectivity index (χ1v) is 4.94. The zero-order chi connectivity index (χ0) is 11.3. The highest BCUT2D eigenvalue weighted by molar-refractivity contribution is 5.66. The molecule has 0 aliphatic carbocycles. The first kappa shape index (κ1) is 11.6. The number of hydrogen-bond donors (Lipinski definition) is 0. The number of benzene rings is 1. The molecular formula is C12H16O3. The van der Waals surface area contributed by atoms with E-state index in [2.05, 4.69) is 0 Å². The monoisotopic (exact) mass is 208 g/mol. The largest absolute Gasteiger partial charge is 0.493 e. The molecule has 1 aromatic rings. The Kier molecular flexibility index (Phi) is 4.16. The Hall–Kier alpha value is -1.51. The van der Waals surface area contributed by atoms with Gasteiger partial charge >= 0.3 is 0 Å². The van der Waals surface area contributed by atoms with Crippen molar-refractivity contribution in [1.82, 2.24) is 0 Å². The Labute approximate surface area is 90.0 Å². The van der Waals surface area contributed by atoms with Gasteiger partial charge in [-0.15, -0.1) is 0 Å². The molecule has 3 nitrogen and oxygen atoms in total. The van der Waals surface area contributed by atoms with E-state index in [9.17, 15) is 4.79 Å². The van der Waals surface area contributed by atoms with Crippen LogP contribution in [0.2, 0.25) is 0 Å². The normalized spacial score (nSPS) is 11.9. The predicted molar refractivity (Wildman–Crippen MR) is 58.6 cm³/mol. The van der Waals surface area contributed by atoms with Crippen LogP contribution in [0.1, 0.15) is 24.8 Å². The number of methoxy groups -OCH3 is 2. The van der Waals surface area contributed by atoms with Gasteiger partial charge in [-0.1, -0.05) is 19.1 Å². The van der Waals surface area contributed by atoms with Gasteiger partial charge < -0.3 is 14.3 Å². The van der Waals surface area contributed by atoms with Gasteiger partial charge in [0.05, 0.1) is 14.2 Å². The Morgan fingerprint density at radius 3 is 2.53 bits per heavy atom. The lowest BCUT2D eigenvalue weighted by atomic mass is 9.97. The molecule has 1 atom stereocenters. The summed E-state index contributed by atoms with van der Waals surface area (Å²) in [7, 11) is 3.17. The molecule has 0 amide bonds. The SMILES string of the molecule is CCC(C=O)c1cccc(OC)c1OC. The molecule has 0 aliphatic heterocycles. The summed E-state index contributed by atoms with van der Waals surface area (Å²) in [5.41, 5.74) is 0.884. The molecule has 0 saturated carbocycles. The van der Waals surface area contributed by atoms with Crippen LogP contribution < -0.4 is 9.47 Å². The Balaban J connectivity index is 3.21. The molecule has 15 heavy (non-hydrogen) atoms. The highest BCUT2D eigenvalue weighted by atomic mass is 16.5. The second-order valence-corrected chi connectivity index (χ2v) is 3.23. The van der Waals surface area contributed by atoms with Crippen molar-refractivity contribution >= 4 is 6.29 Å². The molecule has 1 unspecified atom stereocenters. The number of aldehydes is 1. The van der Waals surface area contributed by atoms with Crippen LogP contribution in [0.25, 0.3) is 0 Å². The van der Waals surface area contributed by atoms with E-state index in [1.165, 1.54) is 0 Å². The third kappa shape index (κ3) is 2.29. The third-order valence-electron chi connectivity index (χ3n) is 2.44. The predicted octanol–water partition coefficient (Wildman–Crippen LogP) is 2.40. The molecule has 0 fully saturated rings. The molecular weight excluding hydrogens is 192 g/mol. The van der Waals surface area contributed by atoms with Crippen molar-refractivity contribution in [3.8, 4) is 11.5 Å². The van der Waals surface area contributed by atoms with Gasteiger partial charge in [-0.05, 0) is 12.5 Å². The first-order valence-electron chi connectivity index (χ1n) is 4.94. The topological polar surface area (TPSA) is 35.5 Å². The highest BCUT2D eigenvalue weighted by Crippen LogP contribution is 2.35. The number of rotatable bonds is 5. The molecule has 0 bridgehead atoms. The summed E-state index contributed by atoms with van der Waals surface area (Å²) < 4.78 is 10.4. The molecule has 0 N–H and O–H groups in total. The van der Waals surface area contributed by atoms with Gasteiger partial charge in [0.2, 0.25) is 0 Å². The molecule has 1 aromatic carbocycles. The van der Waals surface area contributed by atoms with Crippen LogP contribution in [0.4, 0.5) is 0 Å². The fraction of sp³-hybridized carbons (Fsp3) is 0.417. The Morgan fingerprint density at radius 1 is 1.33 bits per heavy atom. The Bertz CT molecular complexity index is 334. The summed E-state index contributed by atoms with van der Waals surface area (Å²) >= 11 is 0. The van der Waals surface area contributed by atoms with Gasteiger partial charge in [0, 0.05) is 11.5 Å². The van der Waals surface area contributed by atoms with E-state index >= 15 is 0 Å². The van der Waals surface area contributed by atoms with Crippen molar-refractivity contribution in [3.05, 3.63) is 23.8 Å². The molecule has 1 rings (SSSR count). The van der Waals surface area contributed by atoms with Crippen LogP contribution in [0.15, 0.2) is 18.2 Å². The van der Waals surface area contributed by atoms with E-state index < -0.39 is 0 Å². The van der Waals surface area contributed by atoms with E-state index in [0.29, 0.717) is 11.5 Å². The van der Waals surface area contributed by atoms with Crippen molar-refractivity contribution in [2.45, 2.75) is 19.3 Å². The van der Waals surface area contributed by atoms with E-state index in [-0.39, 0.29) is 5.92 Å². The number of carbonyl (C=O) groups excluding carboxylic acids is 1. The second kappa shape index (κ2) is 5.39. The summed E-state index contributed by atoms with van der Waals surface area (Å²) in [6, 6.07) is 5.58. The maximum absolute atomic E-state index is 10.9. The number of carbonyl (C=O) groups is 1. The van der Waals surface area contributed by atoms with Crippen LogP contribution in [-0.2, 0) is 4.79 Å². The zero-order valence-corrected chi connectivity index (χ0v) is 9.32. The quantitative estimate of drug-likeness (QED) is 0.697. The summed E-state index contributed by atoms with van der Waals surface area (Å²) in [4.78, 5) is 10.9. The molecule has 3 heteroatoms. The second-order valence-electron chi connectivity index (χ2n) is 3.23. The minimum Gasteiger partial charge on any atom is -0.493 e. The molecule has 82 valence electrons. The molecule has 0 spiro atoms. The Morgan fingerprint density at radius 2 is 2.07 bits per heavy atom. The number of ether oxygens (including phenoxy) is 2. The van der Waals surface area contributed by atoms with E-state index in [1.54, 1.807) is 14.2 Å². The van der Waals surface area contributed by atoms with Gasteiger partial charge in [0.25, 0.3) is 0 Å². The first-order chi connectivity index (χ1) is 7.28. The van der Waals surface area contributed by atoms with Crippen LogP contribution in [-0.4, -0.2) is 20.5 Å². The van der Waals surface area contributed by atoms with Gasteiger partial charge in [-0.2, -0.15) is 0 Å². The van der Waals surface area contributed by atoms with E-state index in [0.717, 1.165) is 18.3 Å². The van der Waals surface area contributed by atoms with Gasteiger partial charge in [0.1, 0.15) is 6.29 Å². The van der Waals surface area contributed by atoms with Crippen molar-refractivity contribution in [2.24, 2.45) is 0 Å². The van der Waals surface area contributed by atoms with Crippen molar-refractivity contribution in [3.63, 3.8) is 0 Å². The summed E-state index contributed by atoms with van der Waals surface area (Å²) in [5.74, 6) is 1.18. The lowest BCUT2D eigenvalue weighted by molar-refractivity contribution is -0.109. The molecule has 0 aliphatic rings. The standard InChI is InChI=1S/C12H16O3/c1-4-9(8-13)10-6-5-7-11(14-2)12(10)15-3/h5-9H,4H2,1-3H3. The summed E-state index contributed by atoms with van der Waals surface area (Å²) in [6.45, 7) is 1.97. The lowest BCUT2D eigenvalue weighted by Gasteiger charge is -2.15. The van der Waals surface area contributed by atoms with Crippen LogP contribution in [0.3, 0.4) is 0 Å². The minimum atomic E-state index is -0.130. The molecule has 0 radical (unpaired) electrons. The van der Waals surface area contributed by atoms with Gasteiger partial charge in [-0.3, -0.25) is 0 Å². The zero-order valence-electron chi connectivity index (χ0n) is 9.32. The highest BCUT2D eigenvalue weighted by Gasteiger charge is 2.16. The molecule has 0 aromatic heterocycles. The fourth-order valence-electron chi connectivity index (χ4n) is 1.59. The fourth-order valence-corrected chi connectivity index (χ4v) is 1.59. The third-order valence-corrected chi connectivity index (χ3v) is 2.44. The summed E-state index contributed by atoms with van der Waals surface area (Å²) in [6.07, 6.45) is 1.70. The average molecular weight is 208 g/mol. The van der Waals surface area contributed by atoms with Crippen molar-refractivity contribution in [1.29, 1.82) is 0 Å². The van der Waals surface area contributed by atoms with Crippen LogP contribution in [0.5, 0.6) is 11.5 Å². The molecule has 0 saturated heterocycles. The maximum atomic E-state index is 10.9. The van der Waals surface area contributed by atoms with Gasteiger partial charge in [0.15, 0.2) is 11.5 Å². The lowest BCUT2D eigenvalue weighted by Crippen LogP contribution is -2.03. The minimum absolute atomic E-state index is 0.130. The average Bonchev–Trinajstić information content (AvgIpc) is 2.30. The van der Waals surface area contributed by atoms with E-state index in [1.807, 2.05) is 25.1 Å². The summed E-state index contributed by atoms with van der Waals surface area (Å²) in [5, 5.41) is 0. The maximum Gasteiger partial charge on any atom is 0.164 e. The number of para-hydroxylation sites is 1. The van der Waals surface area contributed by atoms with Crippen molar-refractivity contribution in [2.75, 3.05) is 14.2 Å². The number of hydrogen-bond acceptors (Lipinski definition) is 3.